The van der Waals surface area contributed by atoms with Crippen molar-refractivity contribution in [3.8, 4) is 0 Å². The molecule has 0 saturated heterocycles. The first-order valence-corrected chi connectivity index (χ1v) is 10.6. The van der Waals surface area contributed by atoms with E-state index in [0.29, 0.717) is 30.1 Å². The molecule has 0 spiro atoms. The molecule has 0 radical (unpaired) electrons. The van der Waals surface area contributed by atoms with Crippen molar-refractivity contribution in [1.82, 2.24) is 29.5 Å². The Bertz CT molecular complexity index is 1340. The van der Waals surface area contributed by atoms with Crippen LogP contribution in [0.25, 0.3) is 11.0 Å². The number of carbonyl (C=O) groups is 1. The smallest absolute Gasteiger partial charge is 0.257 e. The zero-order chi connectivity index (χ0) is 21.2. The fraction of sp³-hybridized carbons (Fsp3) is 0.136. The van der Waals surface area contributed by atoms with E-state index in [9.17, 15) is 4.79 Å². The molecule has 1 amide bonds. The van der Waals surface area contributed by atoms with Crippen molar-refractivity contribution < 1.29 is 4.79 Å². The summed E-state index contributed by atoms with van der Waals surface area (Å²) < 4.78 is 3.60. The number of aromatic nitrogens is 6. The van der Waals surface area contributed by atoms with Crippen LogP contribution in [0.15, 0.2) is 66.6 Å². The largest absolute Gasteiger partial charge is 0.305 e. The molecule has 0 aliphatic rings. The molecule has 0 atom stereocenters. The van der Waals surface area contributed by atoms with E-state index in [1.807, 2.05) is 41.4 Å². The molecule has 154 valence electrons. The fourth-order valence-electron chi connectivity index (χ4n) is 3.40. The van der Waals surface area contributed by atoms with Crippen LogP contribution < -0.4 is 5.32 Å². The predicted octanol–water partition coefficient (Wildman–Crippen LogP) is 3.74. The molecular formula is C22H19N7OS. The van der Waals surface area contributed by atoms with Crippen LogP contribution in [0.5, 0.6) is 0 Å². The van der Waals surface area contributed by atoms with Gasteiger partial charge in [0.15, 0.2) is 11.5 Å². The lowest BCUT2D eigenvalue weighted by atomic mass is 10.1. The molecule has 0 aliphatic carbocycles. The number of anilines is 1. The van der Waals surface area contributed by atoms with Gasteiger partial charge in [0.2, 0.25) is 0 Å². The lowest BCUT2D eigenvalue weighted by Crippen LogP contribution is -2.14. The molecule has 9 heteroatoms. The summed E-state index contributed by atoms with van der Waals surface area (Å²) >= 11 is 1.67. The van der Waals surface area contributed by atoms with Crippen LogP contribution in [0, 0.1) is 6.92 Å². The predicted molar refractivity (Wildman–Crippen MR) is 119 cm³/mol. The minimum atomic E-state index is -0.236. The Labute approximate surface area is 182 Å². The molecule has 0 bridgehead atoms. The number of aryl methyl sites for hydroxylation is 1. The first-order chi connectivity index (χ1) is 15.2. The minimum absolute atomic E-state index is 0.236. The van der Waals surface area contributed by atoms with Gasteiger partial charge in [0.25, 0.3) is 5.91 Å². The molecule has 0 unspecified atom stereocenters. The molecule has 31 heavy (non-hydrogen) atoms. The number of hydrogen-bond acceptors (Lipinski definition) is 6. The summed E-state index contributed by atoms with van der Waals surface area (Å²) in [6, 6.07) is 11.5. The first-order valence-electron chi connectivity index (χ1n) is 9.75. The number of rotatable bonds is 6. The lowest BCUT2D eigenvalue weighted by molar-refractivity contribution is 0.102. The van der Waals surface area contributed by atoms with Gasteiger partial charge < -0.3 is 5.32 Å². The van der Waals surface area contributed by atoms with Gasteiger partial charge in [-0.05, 0) is 42.1 Å². The van der Waals surface area contributed by atoms with Crippen LogP contribution in [0.3, 0.4) is 0 Å². The van der Waals surface area contributed by atoms with Crippen LogP contribution >= 0.6 is 11.3 Å². The second-order valence-electron chi connectivity index (χ2n) is 7.14. The maximum Gasteiger partial charge on any atom is 0.257 e. The van der Waals surface area contributed by atoms with E-state index in [1.165, 1.54) is 4.88 Å². The zero-order valence-corrected chi connectivity index (χ0v) is 17.6. The number of fused-ring (bicyclic) bond motifs is 1. The fourth-order valence-corrected chi connectivity index (χ4v) is 4.09. The van der Waals surface area contributed by atoms with E-state index in [2.05, 4.69) is 31.5 Å². The van der Waals surface area contributed by atoms with Crippen LogP contribution in [0.4, 0.5) is 5.82 Å². The Morgan fingerprint density at radius 2 is 2.03 bits per heavy atom. The van der Waals surface area contributed by atoms with Crippen LogP contribution in [-0.4, -0.2) is 35.4 Å². The van der Waals surface area contributed by atoms with Gasteiger partial charge in [0.05, 0.1) is 30.2 Å². The van der Waals surface area contributed by atoms with E-state index >= 15 is 0 Å². The third-order valence-corrected chi connectivity index (χ3v) is 5.70. The van der Waals surface area contributed by atoms with Gasteiger partial charge in [-0.15, -0.1) is 11.3 Å². The van der Waals surface area contributed by atoms with E-state index in [0.717, 1.165) is 16.6 Å². The molecule has 5 aromatic heterocycles. The molecule has 1 N–H and O–H groups in total. The summed E-state index contributed by atoms with van der Waals surface area (Å²) in [6.45, 7) is 3.10. The molecule has 8 nitrogen and oxygen atoms in total. The Kier molecular flexibility index (Phi) is 5.01. The standard InChI is InChI=1S/C22H19N7OS/c1-15-11-18(19-12-24-29(21(19)25-15)14-17-3-2-10-31-17)22(30)26-20-6-9-28(27-20)13-16-4-7-23-8-5-16/h2-12H,13-14H2,1H3,(H,26,27,30). The summed E-state index contributed by atoms with van der Waals surface area (Å²) in [5, 5.41) is 14.6. The van der Waals surface area contributed by atoms with Gasteiger partial charge >= 0.3 is 0 Å². The maximum absolute atomic E-state index is 13.0. The van der Waals surface area contributed by atoms with Gasteiger partial charge in [0.1, 0.15) is 0 Å². The highest BCUT2D eigenvalue weighted by Gasteiger charge is 2.17. The highest BCUT2D eigenvalue weighted by Crippen LogP contribution is 2.21. The monoisotopic (exact) mass is 429 g/mol. The summed E-state index contributed by atoms with van der Waals surface area (Å²) in [6.07, 6.45) is 7.03. The number of pyridine rings is 2. The Morgan fingerprint density at radius 1 is 1.16 bits per heavy atom. The minimum Gasteiger partial charge on any atom is -0.305 e. The Balaban J connectivity index is 1.38. The number of nitrogens with zero attached hydrogens (tertiary/aromatic N) is 6. The average molecular weight is 430 g/mol. The third-order valence-electron chi connectivity index (χ3n) is 4.84. The van der Waals surface area contributed by atoms with Crippen molar-refractivity contribution >= 4 is 34.1 Å². The summed E-state index contributed by atoms with van der Waals surface area (Å²) in [5.41, 5.74) is 3.07. The Hall–Kier alpha value is -3.85. The second kappa shape index (κ2) is 8.11. The van der Waals surface area contributed by atoms with Crippen LogP contribution in [0.2, 0.25) is 0 Å². The summed E-state index contributed by atoms with van der Waals surface area (Å²) in [5.74, 6) is 0.257. The number of thiophene rings is 1. The zero-order valence-electron chi connectivity index (χ0n) is 16.8. The lowest BCUT2D eigenvalue weighted by Gasteiger charge is -2.07. The number of nitrogens with one attached hydrogen (secondary N) is 1. The highest BCUT2D eigenvalue weighted by atomic mass is 32.1. The maximum atomic E-state index is 13.0. The van der Waals surface area contributed by atoms with Gasteiger partial charge in [-0.3, -0.25) is 14.5 Å². The number of hydrogen-bond donors (Lipinski definition) is 1. The van der Waals surface area contributed by atoms with Gasteiger partial charge in [-0.25, -0.2) is 9.67 Å². The van der Waals surface area contributed by atoms with E-state index in [1.54, 1.807) is 46.7 Å². The van der Waals surface area contributed by atoms with Gasteiger partial charge in [-0.2, -0.15) is 10.2 Å². The molecule has 0 aliphatic heterocycles. The molecule has 0 fully saturated rings. The van der Waals surface area contributed by atoms with E-state index in [-0.39, 0.29) is 5.91 Å². The molecular weight excluding hydrogens is 410 g/mol. The van der Waals surface area contributed by atoms with Crippen molar-refractivity contribution in [1.29, 1.82) is 0 Å². The van der Waals surface area contributed by atoms with E-state index < -0.39 is 0 Å². The average Bonchev–Trinajstić information content (AvgIpc) is 3.51. The molecule has 0 saturated carbocycles. The Morgan fingerprint density at radius 3 is 2.84 bits per heavy atom. The SMILES string of the molecule is Cc1cc(C(=O)Nc2ccn(Cc3ccncc3)n2)c2cnn(Cc3cccs3)c2n1. The summed E-state index contributed by atoms with van der Waals surface area (Å²) in [4.78, 5) is 22.9. The quantitative estimate of drug-likeness (QED) is 0.444. The third kappa shape index (κ3) is 4.08. The molecule has 5 aromatic rings. The second-order valence-corrected chi connectivity index (χ2v) is 8.17. The number of carbonyl (C=O) groups excluding carboxylic acids is 1. The van der Waals surface area contributed by atoms with Crippen molar-refractivity contribution in [2.24, 2.45) is 0 Å². The van der Waals surface area contributed by atoms with Crippen LogP contribution in [-0.2, 0) is 13.1 Å². The van der Waals surface area contributed by atoms with E-state index in [4.69, 9.17) is 0 Å². The molecule has 0 aromatic carbocycles. The summed E-state index contributed by atoms with van der Waals surface area (Å²) in [7, 11) is 0. The van der Waals surface area contributed by atoms with Crippen molar-refractivity contribution in [3.63, 3.8) is 0 Å². The topological polar surface area (TPSA) is 90.5 Å². The molecule has 5 heterocycles. The number of amides is 1. The molecule has 5 rings (SSSR count). The van der Waals surface area contributed by atoms with Gasteiger partial charge in [-0.1, -0.05) is 6.07 Å². The first kappa shape index (κ1) is 19.1. The van der Waals surface area contributed by atoms with Crippen molar-refractivity contribution in [2.45, 2.75) is 20.0 Å². The highest BCUT2D eigenvalue weighted by molar-refractivity contribution is 7.09. The van der Waals surface area contributed by atoms with Crippen molar-refractivity contribution in [2.75, 3.05) is 5.32 Å². The van der Waals surface area contributed by atoms with Gasteiger partial charge in [0, 0.05) is 35.2 Å². The normalized spacial score (nSPS) is 11.1. The van der Waals surface area contributed by atoms with Crippen molar-refractivity contribution in [3.05, 3.63) is 88.3 Å². The van der Waals surface area contributed by atoms with Crippen LogP contribution in [0.1, 0.15) is 26.5 Å².